The van der Waals surface area contributed by atoms with Crippen LogP contribution in [0.25, 0.3) is 11.1 Å². The van der Waals surface area contributed by atoms with E-state index < -0.39 is 0 Å². The van der Waals surface area contributed by atoms with Crippen molar-refractivity contribution in [3.05, 3.63) is 204 Å². The molecule has 0 spiro atoms. The maximum absolute atomic E-state index is 2.16. The second-order valence-corrected chi connectivity index (χ2v) is 14.3. The summed E-state index contributed by atoms with van der Waals surface area (Å²) in [5, 5.41) is 0. The van der Waals surface area contributed by atoms with Crippen LogP contribution < -0.4 is 0 Å². The van der Waals surface area contributed by atoms with Gasteiger partial charge < -0.3 is 0 Å². The minimum atomic E-state index is 1.03. The van der Waals surface area contributed by atoms with E-state index in [1.165, 1.54) is 83.7 Å². The molecule has 9 rings (SSSR count). The highest BCUT2D eigenvalue weighted by atomic mass is 14.4. The first-order valence-corrected chi connectivity index (χ1v) is 19.6. The highest BCUT2D eigenvalue weighted by molar-refractivity contribution is 5.62. The second kappa shape index (κ2) is 22.9. The van der Waals surface area contributed by atoms with Crippen molar-refractivity contribution in [1.82, 2.24) is 0 Å². The van der Waals surface area contributed by atoms with Gasteiger partial charge in [-0.25, -0.2) is 0 Å². The first-order valence-electron chi connectivity index (χ1n) is 19.6. The van der Waals surface area contributed by atoms with E-state index in [4.69, 9.17) is 0 Å². The van der Waals surface area contributed by atoms with Gasteiger partial charge in [-0.3, -0.25) is 0 Å². The Morgan fingerprint density at radius 3 is 0.686 bits per heavy atom. The molecule has 0 saturated heterocycles. The zero-order chi connectivity index (χ0) is 35.0. The molecule has 0 heterocycles. The van der Waals surface area contributed by atoms with Crippen LogP contribution in [0, 0.1) is 11.8 Å². The molecular formula is C51H58. The van der Waals surface area contributed by atoms with E-state index in [2.05, 4.69) is 170 Å². The largest absolute Gasteiger partial charge is 0.0622 e. The zero-order valence-corrected chi connectivity index (χ0v) is 30.7. The Morgan fingerprint density at radius 2 is 0.490 bits per heavy atom. The highest BCUT2D eigenvalue weighted by Gasteiger charge is 2.30. The molecule has 51 heavy (non-hydrogen) atoms. The zero-order valence-electron chi connectivity index (χ0n) is 30.7. The smallest absolute Gasteiger partial charge is 0.00258 e. The van der Waals surface area contributed by atoms with E-state index in [-0.39, 0.29) is 0 Å². The van der Waals surface area contributed by atoms with Gasteiger partial charge in [0.1, 0.15) is 0 Å². The third-order valence-electron chi connectivity index (χ3n) is 10.2. The maximum Gasteiger partial charge on any atom is -0.00258 e. The molecule has 0 atom stereocenters. The monoisotopic (exact) mass is 670 g/mol. The predicted octanol–water partition coefficient (Wildman–Crippen LogP) is 14.4. The molecule has 3 aliphatic carbocycles. The lowest BCUT2D eigenvalue weighted by Crippen LogP contribution is -1.90. The van der Waals surface area contributed by atoms with Crippen molar-refractivity contribution in [1.29, 1.82) is 0 Å². The van der Waals surface area contributed by atoms with Crippen molar-refractivity contribution in [2.45, 2.75) is 83.5 Å². The van der Waals surface area contributed by atoms with Crippen molar-refractivity contribution < 1.29 is 0 Å². The molecule has 3 saturated carbocycles. The van der Waals surface area contributed by atoms with E-state index in [9.17, 15) is 0 Å². The van der Waals surface area contributed by atoms with Gasteiger partial charge in [-0.05, 0) is 64.5 Å². The van der Waals surface area contributed by atoms with E-state index in [1.54, 1.807) is 32.1 Å². The molecule has 0 unspecified atom stereocenters. The van der Waals surface area contributed by atoms with E-state index >= 15 is 0 Å². The average Bonchev–Trinajstić information content (AvgIpc) is 3.89. The molecule has 0 radical (unpaired) electrons. The van der Waals surface area contributed by atoms with Crippen LogP contribution in [0.1, 0.15) is 92.9 Å². The van der Waals surface area contributed by atoms with Crippen molar-refractivity contribution in [3.8, 4) is 11.1 Å². The molecule has 6 aromatic rings. The Labute approximate surface area is 309 Å². The number of rotatable bonds is 5. The number of hydrogen-bond acceptors (Lipinski definition) is 0. The molecule has 2 bridgehead atoms. The molecular weight excluding hydrogens is 613 g/mol. The van der Waals surface area contributed by atoms with Crippen LogP contribution in [0.3, 0.4) is 0 Å². The lowest BCUT2D eigenvalue weighted by Gasteiger charge is -2.05. The predicted molar refractivity (Wildman–Crippen MR) is 221 cm³/mol. The molecule has 6 aromatic carbocycles. The van der Waals surface area contributed by atoms with Gasteiger partial charge in [-0.2, -0.15) is 0 Å². The van der Waals surface area contributed by atoms with Crippen LogP contribution >= 0.6 is 0 Å². The third-order valence-corrected chi connectivity index (χ3v) is 10.2. The molecule has 0 aliphatic heterocycles. The molecule has 0 heteroatoms. The number of fused-ring (bicyclic) bond motifs is 2. The van der Waals surface area contributed by atoms with Gasteiger partial charge in [0, 0.05) is 0 Å². The Bertz CT molecular complexity index is 1460. The van der Waals surface area contributed by atoms with Crippen LogP contribution in [0.15, 0.2) is 182 Å². The summed E-state index contributed by atoms with van der Waals surface area (Å²) in [7, 11) is 0. The standard InChI is InChI=1S/2C13H12.C12H10.C7H12.C6H12/c2*1-3-7-12(8-4-1)11-13-9-5-2-6-10-13;1-3-7-11(8-4-1)12-9-5-2-6-10-12;1-2-7-4-3-6(1)5-7;1-2-4-6-5-3-1/h2*1-10H,11H2;1-10H;6-7H,1-5H2;1-6H2. The van der Waals surface area contributed by atoms with Gasteiger partial charge in [0.05, 0.1) is 0 Å². The number of benzene rings is 6. The topological polar surface area (TPSA) is 0 Å². The first kappa shape index (κ1) is 37.6. The fourth-order valence-corrected chi connectivity index (χ4v) is 7.35. The summed E-state index contributed by atoms with van der Waals surface area (Å²) in [4.78, 5) is 0. The molecule has 262 valence electrons. The Balaban J connectivity index is 0.000000127. The summed E-state index contributed by atoms with van der Waals surface area (Å²) < 4.78 is 0. The average molecular weight is 671 g/mol. The van der Waals surface area contributed by atoms with Gasteiger partial charge in [0.25, 0.3) is 0 Å². The molecule has 0 N–H and O–H groups in total. The molecule has 3 aliphatic rings. The summed E-state index contributed by atoms with van der Waals surface area (Å²) in [5.74, 6) is 2.34. The van der Waals surface area contributed by atoms with Gasteiger partial charge in [-0.1, -0.05) is 246 Å². The maximum atomic E-state index is 2.16. The highest BCUT2D eigenvalue weighted by Crippen LogP contribution is 2.43. The minimum Gasteiger partial charge on any atom is -0.0622 e. The third kappa shape index (κ3) is 15.0. The summed E-state index contributed by atoms with van der Waals surface area (Å²) in [6.45, 7) is 0. The molecule has 0 aromatic heterocycles. The summed E-state index contributed by atoms with van der Waals surface area (Å²) in [6.07, 6.45) is 18.9. The van der Waals surface area contributed by atoms with Crippen LogP contribution in [-0.2, 0) is 12.8 Å². The fraction of sp³-hybridized carbons (Fsp3) is 0.294. The Kier molecular flexibility index (Phi) is 16.9. The first-order chi connectivity index (χ1) is 25.3. The summed E-state index contributed by atoms with van der Waals surface area (Å²) in [6, 6.07) is 62.9. The number of hydrogen-bond donors (Lipinski definition) is 0. The van der Waals surface area contributed by atoms with Gasteiger partial charge >= 0.3 is 0 Å². The molecule has 3 fully saturated rings. The van der Waals surface area contributed by atoms with Gasteiger partial charge in [0.2, 0.25) is 0 Å². The second-order valence-electron chi connectivity index (χ2n) is 14.3. The van der Waals surface area contributed by atoms with Crippen LogP contribution in [-0.4, -0.2) is 0 Å². The molecule has 0 nitrogen and oxygen atoms in total. The van der Waals surface area contributed by atoms with Crippen LogP contribution in [0.2, 0.25) is 0 Å². The fourth-order valence-electron chi connectivity index (χ4n) is 7.35. The van der Waals surface area contributed by atoms with Crippen LogP contribution in [0.4, 0.5) is 0 Å². The lowest BCUT2D eigenvalue weighted by molar-refractivity contribution is 0.480. The van der Waals surface area contributed by atoms with Crippen molar-refractivity contribution in [3.63, 3.8) is 0 Å². The molecule has 0 amide bonds. The van der Waals surface area contributed by atoms with Crippen LogP contribution in [0.5, 0.6) is 0 Å². The van der Waals surface area contributed by atoms with E-state index in [1.807, 2.05) is 12.1 Å². The Hall–Kier alpha value is -4.68. The van der Waals surface area contributed by atoms with E-state index in [0.29, 0.717) is 0 Å². The van der Waals surface area contributed by atoms with E-state index in [0.717, 1.165) is 12.8 Å². The van der Waals surface area contributed by atoms with Crippen molar-refractivity contribution in [2.24, 2.45) is 11.8 Å². The lowest BCUT2D eigenvalue weighted by atomic mass is 10.0. The van der Waals surface area contributed by atoms with Gasteiger partial charge in [-0.15, -0.1) is 0 Å². The summed E-state index contributed by atoms with van der Waals surface area (Å²) >= 11 is 0. The van der Waals surface area contributed by atoms with Gasteiger partial charge in [0.15, 0.2) is 0 Å². The SMILES string of the molecule is C1CC2CCC1C2.C1CCCCC1.c1ccc(-c2ccccc2)cc1.c1ccc(Cc2ccccc2)cc1.c1ccc(Cc2ccccc2)cc1. The Morgan fingerprint density at radius 1 is 0.275 bits per heavy atom. The quantitative estimate of drug-likeness (QED) is 0.171. The minimum absolute atomic E-state index is 1.03. The normalized spacial score (nSPS) is 16.7. The van der Waals surface area contributed by atoms with Crippen molar-refractivity contribution in [2.75, 3.05) is 0 Å². The summed E-state index contributed by atoms with van der Waals surface area (Å²) in [5.41, 5.74) is 8.03. The van der Waals surface area contributed by atoms with Crippen molar-refractivity contribution >= 4 is 0 Å².